The first kappa shape index (κ1) is 11.9. The van der Waals surface area contributed by atoms with Crippen molar-refractivity contribution in [1.29, 1.82) is 0 Å². The smallest absolute Gasteiger partial charge is 0.251 e. The molecule has 0 aromatic carbocycles. The van der Waals surface area contributed by atoms with Crippen molar-refractivity contribution < 1.29 is 9.53 Å². The predicted molar refractivity (Wildman–Crippen MR) is 62.2 cm³/mol. The van der Waals surface area contributed by atoms with E-state index in [1.54, 1.807) is 0 Å². The number of nitrogens with zero attached hydrogens (tertiary/aromatic N) is 1. The van der Waals surface area contributed by atoms with Crippen LogP contribution in [0.25, 0.3) is 0 Å². The lowest BCUT2D eigenvalue weighted by Gasteiger charge is -2.24. The Balaban J connectivity index is 1.79. The van der Waals surface area contributed by atoms with Crippen LogP contribution in [0.2, 0.25) is 0 Å². The third-order valence-electron chi connectivity index (χ3n) is 3.54. The molecule has 3 atom stereocenters. The second-order valence-electron chi connectivity index (χ2n) is 5.02. The van der Waals surface area contributed by atoms with Gasteiger partial charge in [-0.15, -0.1) is 0 Å². The van der Waals surface area contributed by atoms with Gasteiger partial charge >= 0.3 is 0 Å². The normalized spacial score (nSPS) is 34.2. The lowest BCUT2D eigenvalue weighted by molar-refractivity contribution is -0.141. The van der Waals surface area contributed by atoms with Crippen LogP contribution >= 0.6 is 0 Å². The van der Waals surface area contributed by atoms with Crippen molar-refractivity contribution in [2.75, 3.05) is 20.1 Å². The minimum Gasteiger partial charge on any atom is -0.365 e. The van der Waals surface area contributed by atoms with Gasteiger partial charge in [0.15, 0.2) is 0 Å². The highest BCUT2D eigenvalue weighted by Gasteiger charge is 2.31. The highest BCUT2D eigenvalue weighted by atomic mass is 16.5. The van der Waals surface area contributed by atoms with E-state index in [2.05, 4.69) is 5.32 Å². The molecule has 2 saturated heterocycles. The van der Waals surface area contributed by atoms with Gasteiger partial charge in [-0.25, -0.2) is 0 Å². The molecule has 92 valence electrons. The number of amides is 1. The maximum Gasteiger partial charge on any atom is 0.251 e. The molecule has 4 nitrogen and oxygen atoms in total. The van der Waals surface area contributed by atoms with Gasteiger partial charge < -0.3 is 15.0 Å². The van der Waals surface area contributed by atoms with Crippen molar-refractivity contribution in [2.45, 2.75) is 50.9 Å². The molecule has 2 aliphatic heterocycles. The standard InChI is InChI=1S/C12H22N2O2/c1-9-5-6-11(16-9)12(15)14(2)8-10-4-3-7-13-10/h9-11,13H,3-8H2,1-2H3. The summed E-state index contributed by atoms with van der Waals surface area (Å²) >= 11 is 0. The molecule has 3 unspecified atom stereocenters. The zero-order valence-electron chi connectivity index (χ0n) is 10.2. The van der Waals surface area contributed by atoms with Gasteiger partial charge in [-0.1, -0.05) is 0 Å². The summed E-state index contributed by atoms with van der Waals surface area (Å²) in [5.74, 6) is 0.151. The van der Waals surface area contributed by atoms with Crippen LogP contribution in [0.4, 0.5) is 0 Å². The van der Waals surface area contributed by atoms with Gasteiger partial charge in [0.25, 0.3) is 5.91 Å². The van der Waals surface area contributed by atoms with Gasteiger partial charge in [0, 0.05) is 19.6 Å². The Morgan fingerprint density at radius 3 is 2.81 bits per heavy atom. The Labute approximate surface area is 97.3 Å². The molecule has 1 N–H and O–H groups in total. The molecule has 0 saturated carbocycles. The summed E-state index contributed by atoms with van der Waals surface area (Å²) in [5, 5.41) is 3.41. The number of ether oxygens (including phenoxy) is 1. The van der Waals surface area contributed by atoms with Crippen molar-refractivity contribution in [2.24, 2.45) is 0 Å². The first-order valence-electron chi connectivity index (χ1n) is 6.30. The van der Waals surface area contributed by atoms with Crippen LogP contribution in [0.1, 0.15) is 32.6 Å². The Hall–Kier alpha value is -0.610. The van der Waals surface area contributed by atoms with E-state index in [1.807, 2.05) is 18.9 Å². The lowest BCUT2D eigenvalue weighted by Crippen LogP contribution is -2.43. The molecule has 4 heteroatoms. The molecule has 0 spiro atoms. The zero-order valence-corrected chi connectivity index (χ0v) is 10.2. The minimum atomic E-state index is -0.193. The summed E-state index contributed by atoms with van der Waals surface area (Å²) < 4.78 is 5.60. The van der Waals surface area contributed by atoms with Gasteiger partial charge in [-0.2, -0.15) is 0 Å². The van der Waals surface area contributed by atoms with Crippen LogP contribution in [0, 0.1) is 0 Å². The molecule has 0 aromatic rings. The van der Waals surface area contributed by atoms with Crippen LogP contribution in [-0.4, -0.2) is 49.2 Å². The number of carbonyl (C=O) groups is 1. The molecule has 0 aromatic heterocycles. The topological polar surface area (TPSA) is 41.6 Å². The van der Waals surface area contributed by atoms with E-state index in [9.17, 15) is 4.79 Å². The molecule has 16 heavy (non-hydrogen) atoms. The van der Waals surface area contributed by atoms with Gasteiger partial charge in [0.2, 0.25) is 0 Å². The van der Waals surface area contributed by atoms with E-state index in [4.69, 9.17) is 4.74 Å². The summed E-state index contributed by atoms with van der Waals surface area (Å²) in [4.78, 5) is 13.9. The van der Waals surface area contributed by atoms with E-state index < -0.39 is 0 Å². The van der Waals surface area contributed by atoms with Crippen LogP contribution in [-0.2, 0) is 9.53 Å². The largest absolute Gasteiger partial charge is 0.365 e. The molecule has 2 rings (SSSR count). The Bertz CT molecular complexity index is 251. The number of rotatable bonds is 3. The highest BCUT2D eigenvalue weighted by molar-refractivity contribution is 5.81. The fourth-order valence-corrected chi connectivity index (χ4v) is 2.56. The molecular formula is C12H22N2O2. The zero-order chi connectivity index (χ0) is 11.5. The molecule has 1 amide bonds. The maximum atomic E-state index is 12.1. The van der Waals surface area contributed by atoms with E-state index in [0.717, 1.165) is 25.9 Å². The predicted octanol–water partition coefficient (Wildman–Crippen LogP) is 0.764. The third kappa shape index (κ3) is 2.74. The Kier molecular flexibility index (Phi) is 3.82. The highest BCUT2D eigenvalue weighted by Crippen LogP contribution is 2.20. The van der Waals surface area contributed by atoms with Gasteiger partial charge in [0.1, 0.15) is 6.10 Å². The summed E-state index contributed by atoms with van der Waals surface area (Å²) in [5.41, 5.74) is 0. The fraction of sp³-hybridized carbons (Fsp3) is 0.917. The van der Waals surface area contributed by atoms with Crippen LogP contribution in [0.5, 0.6) is 0 Å². The van der Waals surface area contributed by atoms with Gasteiger partial charge in [-0.05, 0) is 39.2 Å². The summed E-state index contributed by atoms with van der Waals surface area (Å²) in [7, 11) is 1.88. The van der Waals surface area contributed by atoms with E-state index in [0.29, 0.717) is 6.04 Å². The SMILES string of the molecule is CC1CCC(C(=O)N(C)CC2CCCN2)O1. The fourth-order valence-electron chi connectivity index (χ4n) is 2.56. The number of hydrogen-bond donors (Lipinski definition) is 1. The number of nitrogens with one attached hydrogen (secondary N) is 1. The third-order valence-corrected chi connectivity index (χ3v) is 3.54. The van der Waals surface area contributed by atoms with Gasteiger partial charge in [-0.3, -0.25) is 4.79 Å². The lowest BCUT2D eigenvalue weighted by atomic mass is 10.1. The van der Waals surface area contributed by atoms with Crippen molar-refractivity contribution in [3.63, 3.8) is 0 Å². The second-order valence-corrected chi connectivity index (χ2v) is 5.02. The van der Waals surface area contributed by atoms with E-state index in [1.165, 1.54) is 12.8 Å². The quantitative estimate of drug-likeness (QED) is 0.772. The van der Waals surface area contributed by atoms with Crippen LogP contribution < -0.4 is 5.32 Å². The molecule has 0 aliphatic carbocycles. The van der Waals surface area contributed by atoms with E-state index >= 15 is 0 Å². The molecule has 2 heterocycles. The average molecular weight is 226 g/mol. The van der Waals surface area contributed by atoms with Crippen molar-refractivity contribution >= 4 is 5.91 Å². The number of hydrogen-bond acceptors (Lipinski definition) is 3. The average Bonchev–Trinajstić information content (AvgIpc) is 2.88. The van der Waals surface area contributed by atoms with Gasteiger partial charge in [0.05, 0.1) is 6.10 Å². The van der Waals surface area contributed by atoms with Crippen molar-refractivity contribution in [3.8, 4) is 0 Å². The monoisotopic (exact) mass is 226 g/mol. The van der Waals surface area contributed by atoms with Crippen LogP contribution in [0.15, 0.2) is 0 Å². The summed E-state index contributed by atoms with van der Waals surface area (Å²) in [6.45, 7) is 3.93. The minimum absolute atomic E-state index is 0.151. The van der Waals surface area contributed by atoms with Crippen molar-refractivity contribution in [3.05, 3.63) is 0 Å². The maximum absolute atomic E-state index is 12.1. The molecule has 0 radical (unpaired) electrons. The van der Waals surface area contributed by atoms with Crippen LogP contribution in [0.3, 0.4) is 0 Å². The first-order valence-corrected chi connectivity index (χ1v) is 6.30. The molecule has 2 aliphatic rings. The molecule has 0 bridgehead atoms. The molecule has 2 fully saturated rings. The first-order chi connectivity index (χ1) is 7.66. The Morgan fingerprint density at radius 2 is 2.25 bits per heavy atom. The summed E-state index contributed by atoms with van der Waals surface area (Å²) in [6.07, 6.45) is 4.34. The van der Waals surface area contributed by atoms with E-state index in [-0.39, 0.29) is 18.1 Å². The number of likely N-dealkylation sites (N-methyl/N-ethyl adjacent to an activating group) is 1. The van der Waals surface area contributed by atoms with Crippen molar-refractivity contribution in [1.82, 2.24) is 10.2 Å². The molecular weight excluding hydrogens is 204 g/mol. The summed E-state index contributed by atoms with van der Waals surface area (Å²) in [6, 6.07) is 0.479. The second kappa shape index (κ2) is 5.15. The number of carbonyl (C=O) groups excluding carboxylic acids is 1. The Morgan fingerprint density at radius 1 is 1.44 bits per heavy atom.